The lowest BCUT2D eigenvalue weighted by Crippen LogP contribution is -1.98. The Morgan fingerprint density at radius 2 is 1.82 bits per heavy atom. The van der Waals surface area contributed by atoms with E-state index < -0.39 is 0 Å². The first-order valence-electron chi connectivity index (χ1n) is 5.91. The van der Waals surface area contributed by atoms with E-state index in [-0.39, 0.29) is 13.2 Å². The van der Waals surface area contributed by atoms with Crippen molar-refractivity contribution in [3.8, 4) is 5.75 Å². The highest BCUT2D eigenvalue weighted by molar-refractivity contribution is 6.32. The van der Waals surface area contributed by atoms with Gasteiger partial charge in [0.05, 0.1) is 18.2 Å². The fourth-order valence-electron chi connectivity index (χ4n) is 1.51. The van der Waals surface area contributed by atoms with Crippen LogP contribution in [0.4, 0.5) is 0 Å². The molecule has 2 N–H and O–H groups in total. The predicted octanol–water partition coefficient (Wildman–Crippen LogP) is 2.76. The molecule has 0 amide bonds. The molecule has 0 saturated heterocycles. The Hall–Kier alpha value is -0.770. The Labute approximate surface area is 107 Å². The van der Waals surface area contributed by atoms with E-state index in [0.29, 0.717) is 17.4 Å². The highest BCUT2D eigenvalue weighted by Gasteiger charge is 2.02. The summed E-state index contributed by atoms with van der Waals surface area (Å²) < 4.78 is 5.54. The molecule has 0 atom stereocenters. The minimum Gasteiger partial charge on any atom is -0.492 e. The van der Waals surface area contributed by atoms with E-state index in [1.807, 2.05) is 0 Å². The van der Waals surface area contributed by atoms with Gasteiger partial charge in [-0.15, -0.1) is 0 Å². The van der Waals surface area contributed by atoms with Crippen LogP contribution in [0.3, 0.4) is 0 Å². The maximum atomic E-state index is 8.93. The Kier molecular flexibility index (Phi) is 7.01. The molecule has 0 bridgehead atoms. The number of hydrogen-bond donors (Lipinski definition) is 2. The topological polar surface area (TPSA) is 49.7 Å². The Balaban J connectivity index is 2.27. The molecule has 0 radical (unpaired) electrons. The fraction of sp³-hybridized carbons (Fsp3) is 0.538. The number of hydrogen-bond acceptors (Lipinski definition) is 3. The number of rotatable bonds is 8. The molecule has 0 heterocycles. The summed E-state index contributed by atoms with van der Waals surface area (Å²) in [4.78, 5) is 0. The quantitative estimate of drug-likeness (QED) is 0.705. The van der Waals surface area contributed by atoms with Crippen LogP contribution in [0, 0.1) is 0 Å². The molecule has 0 spiro atoms. The van der Waals surface area contributed by atoms with Crippen molar-refractivity contribution in [2.24, 2.45) is 0 Å². The maximum Gasteiger partial charge on any atom is 0.137 e. The van der Waals surface area contributed by atoms with Gasteiger partial charge in [0.25, 0.3) is 0 Å². The van der Waals surface area contributed by atoms with Crippen molar-refractivity contribution in [3.05, 3.63) is 28.8 Å². The van der Waals surface area contributed by atoms with Crippen molar-refractivity contribution in [1.29, 1.82) is 0 Å². The number of ether oxygens (including phenoxy) is 1. The Morgan fingerprint density at radius 3 is 2.47 bits per heavy atom. The van der Waals surface area contributed by atoms with E-state index in [0.717, 1.165) is 31.2 Å². The Bertz CT molecular complexity index is 328. The van der Waals surface area contributed by atoms with Gasteiger partial charge in [-0.05, 0) is 37.0 Å². The maximum absolute atomic E-state index is 8.93. The molecule has 0 unspecified atom stereocenters. The summed E-state index contributed by atoms with van der Waals surface area (Å²) in [6.07, 6.45) is 3.88. The van der Waals surface area contributed by atoms with Crippen LogP contribution in [0.2, 0.25) is 5.02 Å². The van der Waals surface area contributed by atoms with E-state index in [4.69, 9.17) is 26.6 Å². The van der Waals surface area contributed by atoms with E-state index >= 15 is 0 Å². The highest BCUT2D eigenvalue weighted by atomic mass is 35.5. The lowest BCUT2D eigenvalue weighted by Gasteiger charge is -2.08. The van der Waals surface area contributed by atoms with Gasteiger partial charge in [-0.2, -0.15) is 0 Å². The molecule has 1 aromatic rings. The molecule has 0 aliphatic carbocycles. The summed E-state index contributed by atoms with van der Waals surface area (Å²) in [6, 6.07) is 5.29. The first-order valence-corrected chi connectivity index (χ1v) is 6.28. The second kappa shape index (κ2) is 8.34. The SMILES string of the molecule is OCCCCCCOc1ccc(CO)cc1Cl. The molecule has 1 aromatic carbocycles. The molecule has 0 aliphatic rings. The van der Waals surface area contributed by atoms with Crippen molar-refractivity contribution < 1.29 is 14.9 Å². The predicted molar refractivity (Wildman–Crippen MR) is 68.4 cm³/mol. The molecule has 3 nitrogen and oxygen atoms in total. The second-order valence-corrected chi connectivity index (χ2v) is 4.32. The molecule has 17 heavy (non-hydrogen) atoms. The van der Waals surface area contributed by atoms with Gasteiger partial charge in [0.2, 0.25) is 0 Å². The smallest absolute Gasteiger partial charge is 0.137 e. The number of benzene rings is 1. The third-order valence-corrected chi connectivity index (χ3v) is 2.78. The van der Waals surface area contributed by atoms with Crippen LogP contribution >= 0.6 is 11.6 Å². The van der Waals surface area contributed by atoms with Gasteiger partial charge in [0, 0.05) is 6.61 Å². The second-order valence-electron chi connectivity index (χ2n) is 3.91. The Morgan fingerprint density at radius 1 is 1.06 bits per heavy atom. The van der Waals surface area contributed by atoms with E-state index in [1.165, 1.54) is 0 Å². The van der Waals surface area contributed by atoms with Gasteiger partial charge in [-0.3, -0.25) is 0 Å². The van der Waals surface area contributed by atoms with Crippen LogP contribution in [-0.4, -0.2) is 23.4 Å². The molecule has 0 saturated carbocycles. The standard InChI is InChI=1S/C13H19ClO3/c14-12-9-11(10-16)5-6-13(12)17-8-4-2-1-3-7-15/h5-6,9,15-16H,1-4,7-8,10H2. The first kappa shape index (κ1) is 14.3. The third kappa shape index (κ3) is 5.39. The van der Waals surface area contributed by atoms with E-state index in [2.05, 4.69) is 0 Å². The van der Waals surface area contributed by atoms with Crippen LogP contribution in [0.1, 0.15) is 31.2 Å². The number of unbranched alkanes of at least 4 members (excludes halogenated alkanes) is 3. The lowest BCUT2D eigenvalue weighted by atomic mass is 10.2. The molecule has 0 aromatic heterocycles. The van der Waals surface area contributed by atoms with Gasteiger partial charge in [0.15, 0.2) is 0 Å². The molecule has 1 rings (SSSR count). The largest absolute Gasteiger partial charge is 0.492 e. The van der Waals surface area contributed by atoms with Crippen LogP contribution < -0.4 is 4.74 Å². The minimum absolute atomic E-state index is 0.0127. The normalized spacial score (nSPS) is 10.5. The van der Waals surface area contributed by atoms with Crippen molar-refractivity contribution in [3.63, 3.8) is 0 Å². The van der Waals surface area contributed by atoms with Crippen molar-refractivity contribution in [1.82, 2.24) is 0 Å². The van der Waals surface area contributed by atoms with Gasteiger partial charge in [0.1, 0.15) is 5.75 Å². The first-order chi connectivity index (χ1) is 8.27. The van der Waals surface area contributed by atoms with Crippen molar-refractivity contribution >= 4 is 11.6 Å². The van der Waals surface area contributed by atoms with Gasteiger partial charge in [-0.25, -0.2) is 0 Å². The van der Waals surface area contributed by atoms with Gasteiger partial charge < -0.3 is 14.9 Å². The van der Waals surface area contributed by atoms with Crippen LogP contribution in [0.15, 0.2) is 18.2 Å². The molecule has 0 aliphatic heterocycles. The number of aliphatic hydroxyl groups excluding tert-OH is 2. The van der Waals surface area contributed by atoms with Crippen LogP contribution in [-0.2, 0) is 6.61 Å². The zero-order chi connectivity index (χ0) is 12.5. The fourth-order valence-corrected chi connectivity index (χ4v) is 1.77. The average molecular weight is 259 g/mol. The lowest BCUT2D eigenvalue weighted by molar-refractivity contribution is 0.273. The highest BCUT2D eigenvalue weighted by Crippen LogP contribution is 2.25. The molecule has 0 fully saturated rings. The zero-order valence-corrected chi connectivity index (χ0v) is 10.6. The summed E-state index contributed by atoms with van der Waals surface area (Å²) in [5.41, 5.74) is 0.783. The van der Waals surface area contributed by atoms with Crippen LogP contribution in [0.25, 0.3) is 0 Å². The van der Waals surface area contributed by atoms with E-state index in [1.54, 1.807) is 18.2 Å². The number of halogens is 1. The molecular formula is C13H19ClO3. The molecule has 4 heteroatoms. The molecular weight excluding hydrogens is 240 g/mol. The summed E-state index contributed by atoms with van der Waals surface area (Å²) in [6.45, 7) is 0.875. The summed E-state index contributed by atoms with van der Waals surface area (Å²) in [7, 11) is 0. The third-order valence-electron chi connectivity index (χ3n) is 2.49. The van der Waals surface area contributed by atoms with Crippen molar-refractivity contribution in [2.45, 2.75) is 32.3 Å². The summed E-state index contributed by atoms with van der Waals surface area (Å²) >= 11 is 6.00. The van der Waals surface area contributed by atoms with Crippen LogP contribution in [0.5, 0.6) is 5.75 Å². The summed E-state index contributed by atoms with van der Waals surface area (Å²) in [5, 5.41) is 18.1. The summed E-state index contributed by atoms with van der Waals surface area (Å²) in [5.74, 6) is 0.658. The van der Waals surface area contributed by atoms with Gasteiger partial charge >= 0.3 is 0 Å². The number of aliphatic hydroxyl groups is 2. The average Bonchev–Trinajstić information content (AvgIpc) is 2.35. The monoisotopic (exact) mass is 258 g/mol. The van der Waals surface area contributed by atoms with Crippen molar-refractivity contribution in [2.75, 3.05) is 13.2 Å². The zero-order valence-electron chi connectivity index (χ0n) is 9.86. The van der Waals surface area contributed by atoms with E-state index in [9.17, 15) is 0 Å². The van der Waals surface area contributed by atoms with Gasteiger partial charge in [-0.1, -0.05) is 24.1 Å². The minimum atomic E-state index is -0.0127. The molecule has 96 valence electrons.